The molecule has 1 amide bonds. The lowest BCUT2D eigenvalue weighted by molar-refractivity contribution is -0.0615. The topological polar surface area (TPSA) is 73.6 Å². The molecule has 0 heterocycles. The first-order chi connectivity index (χ1) is 8.92. The Morgan fingerprint density at radius 3 is 2.32 bits per heavy atom. The molecule has 1 aliphatic carbocycles. The summed E-state index contributed by atoms with van der Waals surface area (Å²) in [6.45, 7) is 5.87. The van der Waals surface area contributed by atoms with Crippen LogP contribution in [0.25, 0.3) is 0 Å². The lowest BCUT2D eigenvalue weighted by atomic mass is 9.94. The van der Waals surface area contributed by atoms with Gasteiger partial charge >= 0.3 is 6.09 Å². The number of ether oxygens (including phenoxy) is 1. The Labute approximate surface area is 116 Å². The minimum atomic E-state index is -0.556. The Hall–Kier alpha value is -0.810. The molecule has 3 N–H and O–H groups in total. The fourth-order valence-corrected chi connectivity index (χ4v) is 2.44. The second-order valence-electron chi connectivity index (χ2n) is 6.25. The standard InChI is InChI=1S/C14H28N2O3/c1-14(2,3)18-13(17)16-19-12(10-15)11-8-6-4-5-7-9-11/h11-12H,4-10,15H2,1-3H3,(H,16,17). The normalized spacial score (nSPS) is 19.6. The third kappa shape index (κ3) is 6.78. The van der Waals surface area contributed by atoms with Crippen molar-refractivity contribution in [1.29, 1.82) is 0 Å². The molecule has 5 heteroatoms. The number of nitrogens with two attached hydrogens (primary N) is 1. The third-order valence-electron chi connectivity index (χ3n) is 3.35. The van der Waals surface area contributed by atoms with Crippen LogP contribution in [0.1, 0.15) is 59.3 Å². The Morgan fingerprint density at radius 2 is 1.84 bits per heavy atom. The summed E-state index contributed by atoms with van der Waals surface area (Å²) < 4.78 is 5.13. The number of hydrogen-bond acceptors (Lipinski definition) is 4. The lowest BCUT2D eigenvalue weighted by Crippen LogP contribution is -2.40. The van der Waals surface area contributed by atoms with Crippen molar-refractivity contribution < 1.29 is 14.4 Å². The van der Waals surface area contributed by atoms with Gasteiger partial charge in [-0.25, -0.2) is 4.79 Å². The number of carbonyl (C=O) groups is 1. The number of hydroxylamine groups is 1. The van der Waals surface area contributed by atoms with Crippen LogP contribution in [0.3, 0.4) is 0 Å². The molecule has 1 aliphatic rings. The molecule has 0 saturated heterocycles. The molecule has 1 saturated carbocycles. The van der Waals surface area contributed by atoms with Gasteiger partial charge in [-0.1, -0.05) is 25.7 Å². The van der Waals surface area contributed by atoms with Gasteiger partial charge in [-0.15, -0.1) is 0 Å². The van der Waals surface area contributed by atoms with E-state index in [0.717, 1.165) is 12.8 Å². The molecule has 19 heavy (non-hydrogen) atoms. The zero-order chi connectivity index (χ0) is 14.3. The molecule has 1 unspecified atom stereocenters. The molecule has 0 aromatic carbocycles. The van der Waals surface area contributed by atoms with Crippen molar-refractivity contribution in [3.8, 4) is 0 Å². The average Bonchev–Trinajstić information content (AvgIpc) is 2.56. The first-order valence-electron chi connectivity index (χ1n) is 7.27. The fourth-order valence-electron chi connectivity index (χ4n) is 2.44. The van der Waals surface area contributed by atoms with Gasteiger partial charge in [0, 0.05) is 6.54 Å². The Kier molecular flexibility index (Phi) is 6.58. The van der Waals surface area contributed by atoms with Crippen LogP contribution < -0.4 is 11.2 Å². The molecular formula is C14H28N2O3. The van der Waals surface area contributed by atoms with Gasteiger partial charge < -0.3 is 10.5 Å². The van der Waals surface area contributed by atoms with E-state index in [1.807, 2.05) is 20.8 Å². The summed E-state index contributed by atoms with van der Waals surface area (Å²) in [5.74, 6) is 0.433. The van der Waals surface area contributed by atoms with Crippen LogP contribution in [0.2, 0.25) is 0 Å². The second-order valence-corrected chi connectivity index (χ2v) is 6.25. The van der Waals surface area contributed by atoms with Crippen LogP contribution >= 0.6 is 0 Å². The van der Waals surface area contributed by atoms with Gasteiger partial charge in [0.05, 0.1) is 0 Å². The van der Waals surface area contributed by atoms with E-state index in [0.29, 0.717) is 12.5 Å². The number of carbonyl (C=O) groups excluding carboxylic acids is 1. The van der Waals surface area contributed by atoms with E-state index in [-0.39, 0.29) is 6.10 Å². The van der Waals surface area contributed by atoms with Gasteiger partial charge in [0.15, 0.2) is 0 Å². The zero-order valence-electron chi connectivity index (χ0n) is 12.4. The van der Waals surface area contributed by atoms with Gasteiger partial charge in [-0.3, -0.25) is 4.84 Å². The Morgan fingerprint density at radius 1 is 1.26 bits per heavy atom. The maximum Gasteiger partial charge on any atom is 0.431 e. The van der Waals surface area contributed by atoms with Crippen LogP contribution in [0.15, 0.2) is 0 Å². The highest BCUT2D eigenvalue weighted by Gasteiger charge is 2.24. The van der Waals surface area contributed by atoms with Gasteiger partial charge in [0.25, 0.3) is 0 Å². The van der Waals surface area contributed by atoms with Crippen LogP contribution in [0.4, 0.5) is 4.79 Å². The SMILES string of the molecule is CC(C)(C)OC(=O)NOC(CN)C1CCCCCC1. The summed E-state index contributed by atoms with van der Waals surface area (Å²) in [7, 11) is 0. The average molecular weight is 272 g/mol. The van der Waals surface area contributed by atoms with Gasteiger partial charge in [0.2, 0.25) is 0 Å². The van der Waals surface area contributed by atoms with Crippen molar-refractivity contribution in [3.63, 3.8) is 0 Å². The van der Waals surface area contributed by atoms with E-state index in [1.165, 1.54) is 25.7 Å². The van der Waals surface area contributed by atoms with E-state index in [9.17, 15) is 4.79 Å². The quantitative estimate of drug-likeness (QED) is 0.609. The van der Waals surface area contributed by atoms with Gasteiger partial charge in [0.1, 0.15) is 11.7 Å². The fraction of sp³-hybridized carbons (Fsp3) is 0.929. The highest BCUT2D eigenvalue weighted by molar-refractivity contribution is 5.66. The van der Waals surface area contributed by atoms with Crippen LogP contribution in [-0.4, -0.2) is 24.3 Å². The number of amides is 1. The molecule has 0 radical (unpaired) electrons. The predicted molar refractivity (Wildman–Crippen MR) is 74.5 cm³/mol. The largest absolute Gasteiger partial charge is 0.442 e. The minimum absolute atomic E-state index is 0.120. The van der Waals surface area contributed by atoms with Crippen LogP contribution in [0, 0.1) is 5.92 Å². The monoisotopic (exact) mass is 272 g/mol. The summed E-state index contributed by atoms with van der Waals surface area (Å²) in [5, 5.41) is 0. The maximum absolute atomic E-state index is 11.5. The molecule has 0 bridgehead atoms. The second kappa shape index (κ2) is 7.70. The molecule has 0 aliphatic heterocycles. The minimum Gasteiger partial charge on any atom is -0.442 e. The smallest absolute Gasteiger partial charge is 0.431 e. The van der Waals surface area contributed by atoms with E-state index < -0.39 is 11.7 Å². The summed E-state index contributed by atoms with van der Waals surface area (Å²) in [6.07, 6.45) is 6.58. The van der Waals surface area contributed by atoms with Crippen molar-refractivity contribution in [2.75, 3.05) is 6.54 Å². The van der Waals surface area contributed by atoms with Crippen molar-refractivity contribution in [2.24, 2.45) is 11.7 Å². The van der Waals surface area contributed by atoms with Gasteiger partial charge in [-0.2, -0.15) is 5.48 Å². The van der Waals surface area contributed by atoms with E-state index in [4.69, 9.17) is 15.3 Å². The number of hydrogen-bond donors (Lipinski definition) is 2. The van der Waals surface area contributed by atoms with Crippen molar-refractivity contribution in [2.45, 2.75) is 71.0 Å². The summed E-state index contributed by atoms with van der Waals surface area (Å²) in [6, 6.07) is 0. The molecule has 112 valence electrons. The molecule has 5 nitrogen and oxygen atoms in total. The van der Waals surface area contributed by atoms with E-state index in [2.05, 4.69) is 5.48 Å². The molecule has 0 aromatic heterocycles. The van der Waals surface area contributed by atoms with Crippen molar-refractivity contribution in [1.82, 2.24) is 5.48 Å². The summed E-state index contributed by atoms with van der Waals surface area (Å²) in [5.41, 5.74) is 7.60. The molecule has 1 fully saturated rings. The van der Waals surface area contributed by atoms with Gasteiger partial charge in [-0.05, 0) is 39.5 Å². The number of nitrogens with one attached hydrogen (secondary N) is 1. The third-order valence-corrected chi connectivity index (χ3v) is 3.35. The van der Waals surface area contributed by atoms with Crippen molar-refractivity contribution in [3.05, 3.63) is 0 Å². The molecule has 0 spiro atoms. The van der Waals surface area contributed by atoms with Crippen LogP contribution in [0.5, 0.6) is 0 Å². The van der Waals surface area contributed by atoms with E-state index in [1.54, 1.807) is 0 Å². The van der Waals surface area contributed by atoms with Crippen molar-refractivity contribution >= 4 is 6.09 Å². The molecular weight excluding hydrogens is 244 g/mol. The first kappa shape index (κ1) is 16.2. The Balaban J connectivity index is 2.37. The molecule has 0 aromatic rings. The Bertz CT molecular complexity index is 268. The number of rotatable bonds is 4. The first-order valence-corrected chi connectivity index (χ1v) is 7.27. The molecule has 1 rings (SSSR count). The summed E-state index contributed by atoms with van der Waals surface area (Å²) in [4.78, 5) is 17.0. The molecule has 1 atom stereocenters. The van der Waals surface area contributed by atoms with Crippen LogP contribution in [-0.2, 0) is 9.57 Å². The highest BCUT2D eigenvalue weighted by atomic mass is 16.7. The highest BCUT2D eigenvalue weighted by Crippen LogP contribution is 2.26. The summed E-state index contributed by atoms with van der Waals surface area (Å²) >= 11 is 0. The zero-order valence-corrected chi connectivity index (χ0v) is 12.4. The predicted octanol–water partition coefficient (Wildman–Crippen LogP) is 2.74. The lowest BCUT2D eigenvalue weighted by Gasteiger charge is -2.25. The maximum atomic E-state index is 11.5. The van der Waals surface area contributed by atoms with E-state index >= 15 is 0 Å².